The van der Waals surface area contributed by atoms with Crippen LogP contribution in [0.15, 0.2) is 224 Å². The largest absolute Gasteiger partial charge is 0.449 e. The Morgan fingerprint density at radius 3 is 1.43 bits per heavy atom. The summed E-state index contributed by atoms with van der Waals surface area (Å²) in [5.74, 6) is 4.56. The van der Waals surface area contributed by atoms with Crippen LogP contribution in [0.2, 0.25) is 0 Å². The number of aromatic nitrogens is 3. The van der Waals surface area contributed by atoms with Crippen molar-refractivity contribution >= 4 is 0 Å². The van der Waals surface area contributed by atoms with Gasteiger partial charge in [-0.25, -0.2) is 15.0 Å². The summed E-state index contributed by atoms with van der Waals surface area (Å²) in [6, 6.07) is 77.7. The molecule has 0 amide bonds. The van der Waals surface area contributed by atoms with Gasteiger partial charge in [0, 0.05) is 27.8 Å². The fourth-order valence-corrected chi connectivity index (χ4v) is 9.50. The third-order valence-corrected chi connectivity index (χ3v) is 12.3. The molecule has 9 aromatic carbocycles. The first kappa shape index (κ1) is 36.4. The van der Waals surface area contributed by atoms with Gasteiger partial charge in [0.05, 0.1) is 5.41 Å². The van der Waals surface area contributed by atoms with Gasteiger partial charge in [-0.2, -0.15) is 0 Å². The molecule has 5 heteroatoms. The van der Waals surface area contributed by atoms with Gasteiger partial charge in [0.25, 0.3) is 0 Å². The normalized spacial score (nSPS) is 12.8. The van der Waals surface area contributed by atoms with Crippen LogP contribution in [-0.2, 0) is 5.41 Å². The Morgan fingerprint density at radius 1 is 0.286 bits per heavy atom. The van der Waals surface area contributed by atoms with E-state index in [0.29, 0.717) is 40.5 Å². The monoisotopic (exact) mass is 807 g/mol. The number of benzene rings is 9. The summed E-state index contributed by atoms with van der Waals surface area (Å²) in [5.41, 5.74) is 13.2. The smallest absolute Gasteiger partial charge is 0.178 e. The number of hydrogen-bond acceptors (Lipinski definition) is 5. The van der Waals surface area contributed by atoms with Crippen LogP contribution in [0.4, 0.5) is 0 Å². The molecule has 0 spiro atoms. The van der Waals surface area contributed by atoms with Gasteiger partial charge in [-0.05, 0) is 56.6 Å². The molecule has 0 bridgehead atoms. The van der Waals surface area contributed by atoms with Crippen LogP contribution in [0.5, 0.6) is 23.0 Å². The lowest BCUT2D eigenvalue weighted by Crippen LogP contribution is -2.28. The van der Waals surface area contributed by atoms with Crippen molar-refractivity contribution < 1.29 is 9.47 Å². The van der Waals surface area contributed by atoms with Crippen LogP contribution in [-0.4, -0.2) is 15.0 Å². The molecule has 296 valence electrons. The van der Waals surface area contributed by atoms with Crippen molar-refractivity contribution in [3.05, 3.63) is 247 Å². The molecule has 0 N–H and O–H groups in total. The van der Waals surface area contributed by atoms with Crippen molar-refractivity contribution in [2.24, 2.45) is 0 Å². The fraction of sp³-hybridized carbons (Fsp3) is 0.0172. The molecule has 12 rings (SSSR count). The number of para-hydroxylation sites is 1. The summed E-state index contributed by atoms with van der Waals surface area (Å²) >= 11 is 0. The second-order valence-electron chi connectivity index (χ2n) is 15.8. The first-order valence-electron chi connectivity index (χ1n) is 21.2. The van der Waals surface area contributed by atoms with Gasteiger partial charge in [0.2, 0.25) is 0 Å². The van der Waals surface area contributed by atoms with E-state index in [4.69, 9.17) is 24.4 Å². The maximum absolute atomic E-state index is 7.16. The highest BCUT2D eigenvalue weighted by atomic mass is 16.6. The zero-order chi connectivity index (χ0) is 41.7. The van der Waals surface area contributed by atoms with E-state index in [0.717, 1.165) is 55.6 Å². The van der Waals surface area contributed by atoms with E-state index in [1.54, 1.807) is 0 Å². The summed E-state index contributed by atoms with van der Waals surface area (Å²) in [7, 11) is 0. The van der Waals surface area contributed by atoms with Crippen LogP contribution >= 0.6 is 0 Å². The Morgan fingerprint density at radius 2 is 0.762 bits per heavy atom. The quantitative estimate of drug-likeness (QED) is 0.161. The van der Waals surface area contributed by atoms with Gasteiger partial charge in [-0.3, -0.25) is 0 Å². The summed E-state index contributed by atoms with van der Waals surface area (Å²) in [6.45, 7) is 0. The average molecular weight is 808 g/mol. The average Bonchev–Trinajstić information content (AvgIpc) is 3.68. The van der Waals surface area contributed by atoms with Crippen molar-refractivity contribution in [2.45, 2.75) is 5.41 Å². The van der Waals surface area contributed by atoms with Crippen molar-refractivity contribution in [2.75, 3.05) is 0 Å². The molecule has 1 aromatic heterocycles. The van der Waals surface area contributed by atoms with Crippen molar-refractivity contribution in [3.8, 4) is 90.5 Å². The van der Waals surface area contributed by atoms with Gasteiger partial charge in [0.15, 0.2) is 40.5 Å². The summed E-state index contributed by atoms with van der Waals surface area (Å²) in [4.78, 5) is 15.2. The van der Waals surface area contributed by atoms with E-state index < -0.39 is 5.41 Å². The Hall–Kier alpha value is -8.41. The molecule has 1 aliphatic carbocycles. The SMILES string of the molecule is c1ccc(-c2nc(-c3ccc(-c4cccc5c4Oc4c(ccc6c4-c4ccccc4C6(c4ccccc4)c4ccccc4)O5)cc3)nc(-c3ccccc3-c3ccccc3)n2)cc1. The number of rotatable bonds is 7. The van der Waals surface area contributed by atoms with Crippen LogP contribution < -0.4 is 9.47 Å². The predicted octanol–water partition coefficient (Wildman–Crippen LogP) is 14.5. The molecule has 0 fully saturated rings. The minimum Gasteiger partial charge on any atom is -0.449 e. The molecule has 0 unspecified atom stereocenters. The zero-order valence-electron chi connectivity index (χ0n) is 34.0. The molecule has 0 atom stereocenters. The van der Waals surface area contributed by atoms with Crippen LogP contribution in [0.25, 0.3) is 67.5 Å². The molecule has 2 aliphatic rings. The minimum atomic E-state index is -0.554. The zero-order valence-corrected chi connectivity index (χ0v) is 34.0. The van der Waals surface area contributed by atoms with E-state index in [9.17, 15) is 0 Å². The standard InChI is InChI=1S/C58H37N3O2/c1-5-18-38(19-6-1)44-26-13-14-27-46(44)57-60-55(40-20-7-2-8-21-40)59-56(61-57)41-34-32-39(33-35-41)45-29-17-31-50-53(45)63-54-51(62-50)37-36-49-52(54)47-28-15-16-30-48(47)58(49,42-22-9-3-10-23-42)43-24-11-4-12-25-43/h1-37H. The second-order valence-corrected chi connectivity index (χ2v) is 15.8. The minimum absolute atomic E-state index is 0.554. The molecule has 0 saturated carbocycles. The highest BCUT2D eigenvalue weighted by molar-refractivity contribution is 5.92. The van der Waals surface area contributed by atoms with Crippen LogP contribution in [0.1, 0.15) is 22.3 Å². The Kier molecular flexibility index (Phi) is 8.64. The molecule has 63 heavy (non-hydrogen) atoms. The summed E-state index contributed by atoms with van der Waals surface area (Å²) in [5, 5.41) is 0. The van der Waals surface area contributed by atoms with Gasteiger partial charge in [0.1, 0.15) is 0 Å². The molecule has 5 nitrogen and oxygen atoms in total. The second kappa shape index (κ2) is 14.9. The predicted molar refractivity (Wildman–Crippen MR) is 251 cm³/mol. The van der Waals surface area contributed by atoms with Gasteiger partial charge >= 0.3 is 0 Å². The summed E-state index contributed by atoms with van der Waals surface area (Å²) < 4.78 is 13.9. The molecule has 10 aromatic rings. The highest BCUT2D eigenvalue weighted by Gasteiger charge is 2.48. The molecule has 0 saturated heterocycles. The van der Waals surface area contributed by atoms with Gasteiger partial charge < -0.3 is 9.47 Å². The maximum atomic E-state index is 7.16. The Balaban J connectivity index is 0.957. The third-order valence-electron chi connectivity index (χ3n) is 12.3. The van der Waals surface area contributed by atoms with Crippen molar-refractivity contribution in [3.63, 3.8) is 0 Å². The van der Waals surface area contributed by atoms with Crippen molar-refractivity contribution in [1.29, 1.82) is 0 Å². The Bertz CT molecular complexity index is 3280. The molecule has 1 aliphatic heterocycles. The third kappa shape index (κ3) is 5.97. The fourth-order valence-electron chi connectivity index (χ4n) is 9.50. The molecular weight excluding hydrogens is 771 g/mol. The van der Waals surface area contributed by atoms with E-state index >= 15 is 0 Å². The lowest BCUT2D eigenvalue weighted by atomic mass is 9.68. The van der Waals surface area contributed by atoms with Gasteiger partial charge in [-0.15, -0.1) is 0 Å². The molecule has 2 heterocycles. The van der Waals surface area contributed by atoms with E-state index in [2.05, 4.69) is 170 Å². The maximum Gasteiger partial charge on any atom is 0.178 e. The number of nitrogens with zero attached hydrogens (tertiary/aromatic N) is 3. The number of fused-ring (bicyclic) bond motifs is 6. The highest BCUT2D eigenvalue weighted by Crippen LogP contribution is 2.62. The van der Waals surface area contributed by atoms with E-state index in [-0.39, 0.29) is 0 Å². The van der Waals surface area contributed by atoms with E-state index in [1.165, 1.54) is 16.7 Å². The topological polar surface area (TPSA) is 57.1 Å². The molecule has 0 radical (unpaired) electrons. The lowest BCUT2D eigenvalue weighted by molar-refractivity contribution is 0.361. The first-order chi connectivity index (χ1) is 31.2. The first-order valence-corrected chi connectivity index (χ1v) is 21.2. The van der Waals surface area contributed by atoms with E-state index in [1.807, 2.05) is 54.6 Å². The summed E-state index contributed by atoms with van der Waals surface area (Å²) in [6.07, 6.45) is 0. The van der Waals surface area contributed by atoms with Crippen LogP contribution in [0, 0.1) is 0 Å². The van der Waals surface area contributed by atoms with Crippen LogP contribution in [0.3, 0.4) is 0 Å². The van der Waals surface area contributed by atoms with Crippen molar-refractivity contribution in [1.82, 2.24) is 15.0 Å². The number of ether oxygens (including phenoxy) is 2. The Labute approximate surface area is 365 Å². The number of hydrogen-bond donors (Lipinski definition) is 0. The lowest BCUT2D eigenvalue weighted by Gasteiger charge is -2.34. The van der Waals surface area contributed by atoms with Gasteiger partial charge in [-0.1, -0.05) is 212 Å². The molecular formula is C58H37N3O2.